The molecule has 1 aromatic rings. The second-order valence-corrected chi connectivity index (χ2v) is 4.35. The second kappa shape index (κ2) is 5.25. The summed E-state index contributed by atoms with van der Waals surface area (Å²) >= 11 is 0. The molecule has 0 radical (unpaired) electrons. The SMILES string of the molecule is N=c1n(C(N)=O)c(N)nc(=O)n1C1OC(CO)C(O)C1O. The molecule has 1 saturated heterocycles. The maximum Gasteiger partial charge on any atom is 0.355 e. The Bertz CT molecular complexity index is 682. The van der Waals surface area contributed by atoms with Crippen LogP contribution in [0.2, 0.25) is 0 Å². The van der Waals surface area contributed by atoms with Gasteiger partial charge in [-0.25, -0.2) is 18.7 Å². The first-order valence-electron chi connectivity index (χ1n) is 5.77. The molecule has 1 aromatic heterocycles. The minimum Gasteiger partial charge on any atom is -0.394 e. The van der Waals surface area contributed by atoms with Gasteiger partial charge in [0.2, 0.25) is 11.6 Å². The van der Waals surface area contributed by atoms with E-state index in [9.17, 15) is 19.8 Å². The Morgan fingerprint density at radius 2 is 2.05 bits per heavy atom. The summed E-state index contributed by atoms with van der Waals surface area (Å²) in [6.45, 7) is -0.616. The maximum absolute atomic E-state index is 11.8. The zero-order chi connectivity index (χ0) is 15.9. The molecule has 12 nitrogen and oxygen atoms in total. The van der Waals surface area contributed by atoms with Gasteiger partial charge < -0.3 is 31.5 Å². The highest BCUT2D eigenvalue weighted by molar-refractivity contribution is 5.76. The summed E-state index contributed by atoms with van der Waals surface area (Å²) in [5, 5.41) is 36.3. The van der Waals surface area contributed by atoms with Crippen molar-refractivity contribution in [1.29, 1.82) is 5.41 Å². The van der Waals surface area contributed by atoms with Crippen molar-refractivity contribution >= 4 is 12.0 Å². The number of nitrogens with one attached hydrogen (secondary N) is 1. The number of carbonyl (C=O) groups is 1. The lowest BCUT2D eigenvalue weighted by atomic mass is 10.1. The Hall–Kier alpha value is -2.28. The van der Waals surface area contributed by atoms with Crippen molar-refractivity contribution in [3.05, 3.63) is 16.1 Å². The molecule has 1 amide bonds. The highest BCUT2D eigenvalue weighted by Crippen LogP contribution is 2.27. The molecule has 0 bridgehead atoms. The van der Waals surface area contributed by atoms with Crippen LogP contribution in [0.3, 0.4) is 0 Å². The van der Waals surface area contributed by atoms with Gasteiger partial charge in [0, 0.05) is 0 Å². The average Bonchev–Trinajstić information content (AvgIpc) is 2.65. The van der Waals surface area contributed by atoms with Crippen molar-refractivity contribution in [3.63, 3.8) is 0 Å². The van der Waals surface area contributed by atoms with E-state index in [1.54, 1.807) is 0 Å². The maximum atomic E-state index is 11.8. The molecule has 0 aromatic carbocycles. The Labute approximate surface area is 116 Å². The van der Waals surface area contributed by atoms with Gasteiger partial charge in [-0.05, 0) is 0 Å². The predicted octanol–water partition coefficient (Wildman–Crippen LogP) is -4.36. The van der Waals surface area contributed by atoms with E-state index in [2.05, 4.69) is 4.98 Å². The number of amides is 1. The van der Waals surface area contributed by atoms with E-state index in [-0.39, 0.29) is 0 Å². The molecule has 21 heavy (non-hydrogen) atoms. The fourth-order valence-electron chi connectivity index (χ4n) is 2.05. The number of carbonyl (C=O) groups excluding carboxylic acids is 1. The van der Waals surface area contributed by atoms with Crippen molar-refractivity contribution in [2.24, 2.45) is 5.73 Å². The van der Waals surface area contributed by atoms with E-state index in [1.165, 1.54) is 0 Å². The first kappa shape index (κ1) is 15.1. The monoisotopic (exact) mass is 302 g/mol. The summed E-state index contributed by atoms with van der Waals surface area (Å²) in [6, 6.07) is -1.16. The number of nitrogens with two attached hydrogens (primary N) is 2. The number of hydrogen-bond acceptors (Lipinski definition) is 9. The molecule has 4 atom stereocenters. The van der Waals surface area contributed by atoms with E-state index in [1.807, 2.05) is 0 Å². The second-order valence-electron chi connectivity index (χ2n) is 4.35. The molecule has 0 spiro atoms. The summed E-state index contributed by atoms with van der Waals surface area (Å²) in [5.41, 5.74) is 8.49. The highest BCUT2D eigenvalue weighted by Gasteiger charge is 2.44. The van der Waals surface area contributed by atoms with Crippen molar-refractivity contribution in [2.45, 2.75) is 24.5 Å². The number of nitrogens with zero attached hydrogens (tertiary/aromatic N) is 3. The Morgan fingerprint density at radius 3 is 2.52 bits per heavy atom. The van der Waals surface area contributed by atoms with Gasteiger partial charge in [-0.1, -0.05) is 0 Å². The first-order chi connectivity index (χ1) is 9.79. The quantitative estimate of drug-likeness (QED) is 0.314. The van der Waals surface area contributed by atoms with Crippen LogP contribution in [0.25, 0.3) is 0 Å². The fourth-order valence-corrected chi connectivity index (χ4v) is 2.05. The molecule has 1 fully saturated rings. The number of rotatable bonds is 2. The normalized spacial score (nSPS) is 28.7. The average molecular weight is 302 g/mol. The number of primary amides is 1. The molecule has 1 aliphatic rings. The first-order valence-corrected chi connectivity index (χ1v) is 5.77. The smallest absolute Gasteiger partial charge is 0.355 e. The number of nitrogen functional groups attached to an aromatic ring is 1. The lowest BCUT2D eigenvalue weighted by Crippen LogP contribution is -2.50. The van der Waals surface area contributed by atoms with E-state index < -0.39 is 54.4 Å². The number of aromatic nitrogens is 3. The van der Waals surface area contributed by atoms with Crippen LogP contribution in [0.5, 0.6) is 0 Å². The number of ether oxygens (including phenoxy) is 1. The summed E-state index contributed by atoms with van der Waals surface area (Å²) in [7, 11) is 0. The summed E-state index contributed by atoms with van der Waals surface area (Å²) in [5.74, 6) is -0.597. The molecule has 116 valence electrons. The number of anilines is 1. The zero-order valence-corrected chi connectivity index (χ0v) is 10.6. The van der Waals surface area contributed by atoms with Gasteiger partial charge in [0.1, 0.15) is 18.3 Å². The van der Waals surface area contributed by atoms with Crippen molar-refractivity contribution in [2.75, 3.05) is 12.3 Å². The molecule has 2 rings (SSSR count). The topological polar surface area (TPSA) is 203 Å². The third-order valence-electron chi connectivity index (χ3n) is 3.08. The van der Waals surface area contributed by atoms with Crippen LogP contribution in [-0.4, -0.2) is 60.4 Å². The van der Waals surface area contributed by atoms with Crippen LogP contribution < -0.4 is 22.8 Å². The van der Waals surface area contributed by atoms with E-state index in [0.717, 1.165) is 0 Å². The van der Waals surface area contributed by atoms with Crippen molar-refractivity contribution < 1.29 is 24.9 Å². The molecule has 2 heterocycles. The zero-order valence-electron chi connectivity index (χ0n) is 10.6. The van der Waals surface area contributed by atoms with Crippen molar-refractivity contribution in [1.82, 2.24) is 14.1 Å². The minimum atomic E-state index is -1.62. The minimum absolute atomic E-state index is 0.427. The molecule has 0 saturated carbocycles. The van der Waals surface area contributed by atoms with Gasteiger partial charge in [-0.3, -0.25) is 5.41 Å². The Balaban J connectivity index is 2.61. The third kappa shape index (κ3) is 2.29. The van der Waals surface area contributed by atoms with E-state index in [0.29, 0.717) is 9.13 Å². The van der Waals surface area contributed by atoms with Gasteiger partial charge in [0.15, 0.2) is 6.23 Å². The molecule has 8 N–H and O–H groups in total. The van der Waals surface area contributed by atoms with Crippen molar-refractivity contribution in [3.8, 4) is 0 Å². The molecular formula is C9H14N6O6. The molecule has 1 aliphatic heterocycles. The Morgan fingerprint density at radius 1 is 1.43 bits per heavy atom. The summed E-state index contributed by atoms with van der Waals surface area (Å²) in [6.07, 6.45) is -5.77. The number of aliphatic hydroxyl groups excluding tert-OH is 3. The standard InChI is InChI=1S/C9H14N6O6/c10-6-13-9(20)14(7(11)15(6)8(12)19)5-4(18)3(17)2(1-16)21-5/h2-5,11,16-18H,1H2,(H2,12,19)(H2,10,13,20). The van der Waals surface area contributed by atoms with Gasteiger partial charge >= 0.3 is 11.7 Å². The van der Waals surface area contributed by atoms with Crippen LogP contribution in [0.4, 0.5) is 10.7 Å². The molecule has 4 unspecified atom stereocenters. The van der Waals surface area contributed by atoms with E-state index >= 15 is 0 Å². The third-order valence-corrected chi connectivity index (χ3v) is 3.08. The predicted molar refractivity (Wildman–Crippen MR) is 64.7 cm³/mol. The highest BCUT2D eigenvalue weighted by atomic mass is 16.6. The van der Waals surface area contributed by atoms with Gasteiger partial charge in [-0.2, -0.15) is 4.98 Å². The van der Waals surface area contributed by atoms with Crippen LogP contribution in [0, 0.1) is 5.41 Å². The van der Waals surface area contributed by atoms with Gasteiger partial charge in [0.05, 0.1) is 6.61 Å². The van der Waals surface area contributed by atoms with Gasteiger partial charge in [-0.15, -0.1) is 0 Å². The van der Waals surface area contributed by atoms with E-state index in [4.69, 9.17) is 26.7 Å². The largest absolute Gasteiger partial charge is 0.394 e. The fraction of sp³-hybridized carbons (Fsp3) is 0.556. The molecular weight excluding hydrogens is 288 g/mol. The van der Waals surface area contributed by atoms with Crippen LogP contribution in [0.1, 0.15) is 6.23 Å². The van der Waals surface area contributed by atoms with Gasteiger partial charge in [0.25, 0.3) is 0 Å². The summed E-state index contributed by atoms with van der Waals surface area (Å²) < 4.78 is 6.04. The van der Waals surface area contributed by atoms with Crippen LogP contribution in [0.15, 0.2) is 4.79 Å². The number of hydrogen-bond donors (Lipinski definition) is 6. The molecule has 0 aliphatic carbocycles. The van der Waals surface area contributed by atoms with Crippen LogP contribution >= 0.6 is 0 Å². The number of aliphatic hydroxyl groups is 3. The summed E-state index contributed by atoms with van der Waals surface area (Å²) in [4.78, 5) is 26.3. The Kier molecular flexibility index (Phi) is 3.78. The molecule has 12 heteroatoms. The lowest BCUT2D eigenvalue weighted by molar-refractivity contribution is -0.0580. The van der Waals surface area contributed by atoms with Crippen LogP contribution in [-0.2, 0) is 4.74 Å². The lowest BCUT2D eigenvalue weighted by Gasteiger charge is -2.18.